The van der Waals surface area contributed by atoms with Crippen molar-refractivity contribution in [2.45, 2.75) is 19.0 Å². The SMILES string of the molecule is Cl.c1ccc2cc(CN3CCN(C4CCNC4)CC3)ccc2c1. The van der Waals surface area contributed by atoms with E-state index in [9.17, 15) is 0 Å². The number of benzene rings is 2. The van der Waals surface area contributed by atoms with E-state index in [0.717, 1.165) is 12.6 Å². The third-order valence-corrected chi connectivity index (χ3v) is 5.18. The summed E-state index contributed by atoms with van der Waals surface area (Å²) >= 11 is 0. The second-order valence-electron chi connectivity index (χ2n) is 6.64. The molecule has 124 valence electrons. The van der Waals surface area contributed by atoms with Crippen LogP contribution in [0.4, 0.5) is 0 Å². The molecule has 0 radical (unpaired) electrons. The van der Waals surface area contributed by atoms with Crippen molar-refractivity contribution in [1.82, 2.24) is 15.1 Å². The number of hydrogen-bond acceptors (Lipinski definition) is 3. The fraction of sp³-hybridized carbons (Fsp3) is 0.474. The Morgan fingerprint density at radius 1 is 0.957 bits per heavy atom. The van der Waals surface area contributed by atoms with E-state index >= 15 is 0 Å². The lowest BCUT2D eigenvalue weighted by Gasteiger charge is -2.37. The molecule has 0 aromatic heterocycles. The normalized spacial score (nSPS) is 23.0. The Labute approximate surface area is 145 Å². The topological polar surface area (TPSA) is 18.5 Å². The van der Waals surface area contributed by atoms with Crippen molar-refractivity contribution in [2.75, 3.05) is 39.3 Å². The molecule has 2 aromatic rings. The van der Waals surface area contributed by atoms with E-state index in [1.807, 2.05) is 0 Å². The van der Waals surface area contributed by atoms with Gasteiger partial charge in [-0.1, -0.05) is 36.4 Å². The van der Waals surface area contributed by atoms with Gasteiger partial charge in [-0.25, -0.2) is 0 Å². The van der Waals surface area contributed by atoms with Crippen molar-refractivity contribution in [3.05, 3.63) is 48.0 Å². The van der Waals surface area contributed by atoms with E-state index in [1.54, 1.807) is 0 Å². The highest BCUT2D eigenvalue weighted by atomic mass is 35.5. The van der Waals surface area contributed by atoms with E-state index < -0.39 is 0 Å². The van der Waals surface area contributed by atoms with Gasteiger partial charge in [0.15, 0.2) is 0 Å². The summed E-state index contributed by atoms with van der Waals surface area (Å²) in [5.74, 6) is 0. The highest BCUT2D eigenvalue weighted by molar-refractivity contribution is 5.85. The quantitative estimate of drug-likeness (QED) is 0.933. The maximum absolute atomic E-state index is 3.48. The average molecular weight is 332 g/mol. The van der Waals surface area contributed by atoms with Crippen LogP contribution in [-0.4, -0.2) is 55.1 Å². The van der Waals surface area contributed by atoms with Gasteiger partial charge in [0.25, 0.3) is 0 Å². The fourth-order valence-corrected chi connectivity index (χ4v) is 3.83. The van der Waals surface area contributed by atoms with E-state index in [2.05, 4.69) is 57.6 Å². The molecule has 23 heavy (non-hydrogen) atoms. The number of rotatable bonds is 3. The van der Waals surface area contributed by atoms with Crippen LogP contribution in [0.5, 0.6) is 0 Å². The number of halogens is 1. The van der Waals surface area contributed by atoms with Crippen LogP contribution >= 0.6 is 12.4 Å². The van der Waals surface area contributed by atoms with E-state index in [0.29, 0.717) is 0 Å². The van der Waals surface area contributed by atoms with Crippen LogP contribution < -0.4 is 5.32 Å². The second kappa shape index (κ2) is 7.63. The van der Waals surface area contributed by atoms with Crippen molar-refractivity contribution in [3.8, 4) is 0 Å². The van der Waals surface area contributed by atoms with Crippen LogP contribution in [0.15, 0.2) is 42.5 Å². The number of nitrogens with one attached hydrogen (secondary N) is 1. The van der Waals surface area contributed by atoms with Gasteiger partial charge >= 0.3 is 0 Å². The Hall–Kier alpha value is -1.13. The summed E-state index contributed by atoms with van der Waals surface area (Å²) in [4.78, 5) is 5.28. The highest BCUT2D eigenvalue weighted by Gasteiger charge is 2.25. The zero-order chi connectivity index (χ0) is 14.8. The number of fused-ring (bicyclic) bond motifs is 1. The van der Waals surface area contributed by atoms with Gasteiger partial charge in [-0.2, -0.15) is 0 Å². The van der Waals surface area contributed by atoms with E-state index in [-0.39, 0.29) is 12.4 Å². The minimum Gasteiger partial charge on any atom is -0.315 e. The maximum atomic E-state index is 3.48. The van der Waals surface area contributed by atoms with Crippen molar-refractivity contribution in [1.29, 1.82) is 0 Å². The standard InChI is InChI=1S/C19H25N3.ClH/c1-2-4-18-13-16(5-6-17(18)3-1)15-21-9-11-22(12-10-21)19-7-8-20-14-19;/h1-6,13,19-20H,7-12,14-15H2;1H. The first-order valence-corrected chi connectivity index (χ1v) is 8.53. The van der Waals surface area contributed by atoms with Gasteiger partial charge in [-0.05, 0) is 35.4 Å². The Morgan fingerprint density at radius 3 is 2.48 bits per heavy atom. The summed E-state index contributed by atoms with van der Waals surface area (Å²) in [6, 6.07) is 16.3. The third kappa shape index (κ3) is 3.86. The Bertz CT molecular complexity index is 631. The van der Waals surface area contributed by atoms with Crippen LogP contribution in [0.2, 0.25) is 0 Å². The summed E-state index contributed by atoms with van der Waals surface area (Å²) in [6.45, 7) is 8.31. The molecule has 1 atom stereocenters. The molecular weight excluding hydrogens is 306 g/mol. The summed E-state index contributed by atoms with van der Waals surface area (Å²) in [5, 5.41) is 6.18. The zero-order valence-electron chi connectivity index (χ0n) is 13.6. The lowest BCUT2D eigenvalue weighted by Crippen LogP contribution is -2.50. The minimum atomic E-state index is 0. The first-order valence-electron chi connectivity index (χ1n) is 8.53. The summed E-state index contributed by atoms with van der Waals surface area (Å²) in [6.07, 6.45) is 1.32. The van der Waals surface area contributed by atoms with Gasteiger partial charge in [0, 0.05) is 45.3 Å². The highest BCUT2D eigenvalue weighted by Crippen LogP contribution is 2.18. The first kappa shape index (κ1) is 16.7. The minimum absolute atomic E-state index is 0. The van der Waals surface area contributed by atoms with Crippen LogP contribution in [-0.2, 0) is 6.54 Å². The molecular formula is C19H26ClN3. The van der Waals surface area contributed by atoms with Crippen LogP contribution in [0.25, 0.3) is 10.8 Å². The Balaban J connectivity index is 0.00000156. The smallest absolute Gasteiger partial charge is 0.0235 e. The predicted molar refractivity (Wildman–Crippen MR) is 99.3 cm³/mol. The molecule has 2 aliphatic rings. The first-order chi connectivity index (χ1) is 10.9. The Kier molecular flexibility index (Phi) is 5.54. The predicted octanol–water partition coefficient (Wildman–Crippen LogP) is 2.74. The molecule has 2 heterocycles. The van der Waals surface area contributed by atoms with Crippen LogP contribution in [0.1, 0.15) is 12.0 Å². The molecule has 2 aromatic carbocycles. The molecule has 0 aliphatic carbocycles. The van der Waals surface area contributed by atoms with Gasteiger partial charge in [-0.15, -0.1) is 12.4 Å². The summed E-state index contributed by atoms with van der Waals surface area (Å²) in [5.41, 5.74) is 1.44. The zero-order valence-corrected chi connectivity index (χ0v) is 14.4. The molecule has 4 heteroatoms. The lowest BCUT2D eigenvalue weighted by atomic mass is 10.1. The second-order valence-corrected chi connectivity index (χ2v) is 6.64. The van der Waals surface area contributed by atoms with Gasteiger partial charge in [0.2, 0.25) is 0 Å². The molecule has 0 amide bonds. The number of hydrogen-bond donors (Lipinski definition) is 1. The van der Waals surface area contributed by atoms with E-state index in [4.69, 9.17) is 0 Å². The largest absolute Gasteiger partial charge is 0.315 e. The van der Waals surface area contributed by atoms with Crippen molar-refractivity contribution in [3.63, 3.8) is 0 Å². The van der Waals surface area contributed by atoms with Crippen LogP contribution in [0.3, 0.4) is 0 Å². The molecule has 1 N–H and O–H groups in total. The van der Waals surface area contributed by atoms with Gasteiger partial charge in [-0.3, -0.25) is 9.80 Å². The molecule has 4 rings (SSSR count). The van der Waals surface area contributed by atoms with Crippen LogP contribution in [0, 0.1) is 0 Å². The molecule has 3 nitrogen and oxygen atoms in total. The van der Waals surface area contributed by atoms with Crippen molar-refractivity contribution < 1.29 is 0 Å². The average Bonchev–Trinajstić information content (AvgIpc) is 3.10. The number of nitrogens with zero attached hydrogens (tertiary/aromatic N) is 2. The van der Waals surface area contributed by atoms with Crippen molar-refractivity contribution >= 4 is 23.2 Å². The molecule has 2 aliphatic heterocycles. The molecule has 1 unspecified atom stereocenters. The molecule has 0 spiro atoms. The molecule has 0 saturated carbocycles. The molecule has 2 fully saturated rings. The summed E-state index contributed by atoms with van der Waals surface area (Å²) < 4.78 is 0. The van der Waals surface area contributed by atoms with E-state index in [1.165, 1.54) is 62.0 Å². The van der Waals surface area contributed by atoms with Gasteiger partial charge in [0.05, 0.1) is 0 Å². The van der Waals surface area contributed by atoms with Crippen molar-refractivity contribution in [2.24, 2.45) is 0 Å². The molecule has 0 bridgehead atoms. The van der Waals surface area contributed by atoms with Gasteiger partial charge < -0.3 is 5.32 Å². The Morgan fingerprint density at radius 2 is 1.74 bits per heavy atom. The molecule has 2 saturated heterocycles. The summed E-state index contributed by atoms with van der Waals surface area (Å²) in [7, 11) is 0. The lowest BCUT2D eigenvalue weighted by molar-refractivity contribution is 0.0981. The fourth-order valence-electron chi connectivity index (χ4n) is 3.83. The number of piperazine rings is 1. The third-order valence-electron chi connectivity index (χ3n) is 5.18. The maximum Gasteiger partial charge on any atom is 0.0235 e. The monoisotopic (exact) mass is 331 g/mol. The van der Waals surface area contributed by atoms with Gasteiger partial charge in [0.1, 0.15) is 0 Å².